The average Bonchev–Trinajstić information content (AvgIpc) is 2.02. The minimum atomic E-state index is -3.92. The predicted molar refractivity (Wildman–Crippen MR) is 50.7 cm³/mol. The molecule has 0 unspecified atom stereocenters. The highest BCUT2D eigenvalue weighted by atomic mass is 32.2. The Labute approximate surface area is 80.7 Å². The van der Waals surface area contributed by atoms with E-state index >= 15 is 0 Å². The van der Waals surface area contributed by atoms with Gasteiger partial charge in [-0.25, -0.2) is 13.6 Å². The van der Waals surface area contributed by atoms with Crippen LogP contribution in [-0.4, -0.2) is 14.3 Å². The summed E-state index contributed by atoms with van der Waals surface area (Å²) in [6.07, 6.45) is 0. The van der Waals surface area contributed by atoms with E-state index in [1.54, 1.807) is 0 Å². The summed E-state index contributed by atoms with van der Waals surface area (Å²) in [4.78, 5) is 10.4. The molecule has 76 valence electrons. The molecule has 1 aromatic carbocycles. The molecule has 0 aliphatic heterocycles. The average molecular weight is 215 g/mol. The van der Waals surface area contributed by atoms with E-state index in [4.69, 9.17) is 16.6 Å². The van der Waals surface area contributed by atoms with Crippen LogP contribution in [0.5, 0.6) is 0 Å². The predicted octanol–water partition coefficient (Wildman–Crippen LogP) is -0.985. The van der Waals surface area contributed by atoms with Crippen LogP contribution in [0.1, 0.15) is 10.4 Å². The highest BCUT2D eigenvalue weighted by molar-refractivity contribution is 7.89. The van der Waals surface area contributed by atoms with Crippen LogP contribution < -0.4 is 16.6 Å². The Morgan fingerprint density at radius 1 is 1.29 bits per heavy atom. The first-order valence-corrected chi connectivity index (χ1v) is 5.09. The molecule has 1 amide bonds. The van der Waals surface area contributed by atoms with Crippen molar-refractivity contribution in [2.45, 2.75) is 4.90 Å². The zero-order chi connectivity index (χ0) is 10.9. The van der Waals surface area contributed by atoms with E-state index < -0.39 is 15.9 Å². The molecule has 0 fully saturated rings. The van der Waals surface area contributed by atoms with Crippen molar-refractivity contribution in [2.24, 2.45) is 10.9 Å². The van der Waals surface area contributed by atoms with Gasteiger partial charge < -0.3 is 11.5 Å². The number of amides is 1. The van der Waals surface area contributed by atoms with Crippen molar-refractivity contribution in [1.82, 2.24) is 0 Å². The summed E-state index contributed by atoms with van der Waals surface area (Å²) < 4.78 is 21.9. The van der Waals surface area contributed by atoms with E-state index in [1.165, 1.54) is 12.1 Å². The monoisotopic (exact) mass is 215 g/mol. The molecule has 0 aromatic heterocycles. The lowest BCUT2D eigenvalue weighted by atomic mass is 10.2. The van der Waals surface area contributed by atoms with Gasteiger partial charge in [0, 0.05) is 5.56 Å². The number of hydrogen-bond donors (Lipinski definition) is 3. The van der Waals surface area contributed by atoms with Crippen LogP contribution in [0.25, 0.3) is 0 Å². The van der Waals surface area contributed by atoms with Gasteiger partial charge in [0.05, 0.1) is 5.69 Å². The maximum absolute atomic E-state index is 11.0. The van der Waals surface area contributed by atoms with Gasteiger partial charge in [0.25, 0.3) is 0 Å². The number of hydrogen-bond acceptors (Lipinski definition) is 4. The molecule has 14 heavy (non-hydrogen) atoms. The Balaban J connectivity index is 3.44. The van der Waals surface area contributed by atoms with Crippen molar-refractivity contribution < 1.29 is 13.2 Å². The van der Waals surface area contributed by atoms with Crippen LogP contribution >= 0.6 is 0 Å². The minimum absolute atomic E-state index is 0.0162. The summed E-state index contributed by atoms with van der Waals surface area (Å²) >= 11 is 0. The topological polar surface area (TPSA) is 129 Å². The van der Waals surface area contributed by atoms with Crippen molar-refractivity contribution in [1.29, 1.82) is 0 Å². The van der Waals surface area contributed by atoms with Crippen molar-refractivity contribution in [3.63, 3.8) is 0 Å². The molecule has 0 aliphatic carbocycles. The first-order chi connectivity index (χ1) is 6.32. The second-order valence-corrected chi connectivity index (χ2v) is 4.19. The molecule has 1 aromatic rings. The number of carbonyl (C=O) groups is 1. The van der Waals surface area contributed by atoms with E-state index in [1.807, 2.05) is 0 Å². The fraction of sp³-hybridized carbons (Fsp3) is 0. The van der Waals surface area contributed by atoms with Crippen molar-refractivity contribution in [3.05, 3.63) is 23.8 Å². The van der Waals surface area contributed by atoms with Gasteiger partial charge >= 0.3 is 0 Å². The van der Waals surface area contributed by atoms with Gasteiger partial charge in [-0.2, -0.15) is 0 Å². The molecule has 7 heteroatoms. The van der Waals surface area contributed by atoms with E-state index in [0.717, 1.165) is 6.07 Å². The molecular weight excluding hydrogens is 206 g/mol. The summed E-state index contributed by atoms with van der Waals surface area (Å²) in [6.45, 7) is 0. The van der Waals surface area contributed by atoms with Gasteiger partial charge in [0.1, 0.15) is 4.90 Å². The Kier molecular flexibility index (Phi) is 2.45. The highest BCUT2D eigenvalue weighted by Gasteiger charge is 2.14. The number of primary amides is 1. The van der Waals surface area contributed by atoms with Crippen LogP contribution in [0.15, 0.2) is 23.1 Å². The summed E-state index contributed by atoms with van der Waals surface area (Å²) in [5, 5.41) is 4.87. The van der Waals surface area contributed by atoms with Crippen LogP contribution in [-0.2, 0) is 10.0 Å². The molecule has 6 N–H and O–H groups in total. The number of carbonyl (C=O) groups excluding carboxylic acids is 1. The number of rotatable bonds is 2. The number of nitrogens with two attached hydrogens (primary N) is 3. The Hall–Kier alpha value is -1.60. The van der Waals surface area contributed by atoms with Crippen molar-refractivity contribution >= 4 is 21.6 Å². The maximum atomic E-state index is 11.0. The fourth-order valence-corrected chi connectivity index (χ4v) is 1.62. The third kappa shape index (κ3) is 2.01. The second kappa shape index (κ2) is 3.28. The highest BCUT2D eigenvalue weighted by Crippen LogP contribution is 2.17. The number of sulfonamides is 1. The normalized spacial score (nSPS) is 11.2. The largest absolute Gasteiger partial charge is 0.398 e. The smallest absolute Gasteiger partial charge is 0.248 e. The quantitative estimate of drug-likeness (QED) is 0.547. The van der Waals surface area contributed by atoms with E-state index in [2.05, 4.69) is 0 Å². The lowest BCUT2D eigenvalue weighted by Gasteiger charge is -2.04. The third-order valence-electron chi connectivity index (χ3n) is 1.60. The SMILES string of the molecule is NC(=O)c1ccc(N)c(S(N)(=O)=O)c1. The first-order valence-electron chi connectivity index (χ1n) is 3.54. The minimum Gasteiger partial charge on any atom is -0.398 e. The van der Waals surface area contributed by atoms with E-state index in [-0.39, 0.29) is 16.1 Å². The molecular formula is C7H9N3O3S. The summed E-state index contributed by atoms with van der Waals surface area (Å²) in [6, 6.07) is 3.64. The van der Waals surface area contributed by atoms with Crippen molar-refractivity contribution in [2.75, 3.05) is 5.73 Å². The lowest BCUT2D eigenvalue weighted by Crippen LogP contribution is -2.17. The molecule has 0 saturated heterocycles. The molecule has 0 aliphatic rings. The van der Waals surface area contributed by atoms with E-state index in [9.17, 15) is 13.2 Å². The Bertz CT molecular complexity index is 481. The summed E-state index contributed by atoms with van der Waals surface area (Å²) in [5.41, 5.74) is 10.4. The molecule has 6 nitrogen and oxygen atoms in total. The van der Waals surface area contributed by atoms with Gasteiger partial charge in [0.2, 0.25) is 15.9 Å². The number of anilines is 1. The van der Waals surface area contributed by atoms with E-state index in [0.29, 0.717) is 0 Å². The van der Waals surface area contributed by atoms with Crippen LogP contribution in [0.4, 0.5) is 5.69 Å². The van der Waals surface area contributed by atoms with Crippen LogP contribution in [0.2, 0.25) is 0 Å². The molecule has 0 radical (unpaired) electrons. The zero-order valence-electron chi connectivity index (χ0n) is 7.10. The van der Waals surface area contributed by atoms with Gasteiger partial charge in [-0.15, -0.1) is 0 Å². The second-order valence-electron chi connectivity index (χ2n) is 2.66. The summed E-state index contributed by atoms with van der Waals surface area (Å²) in [5.74, 6) is -0.741. The Morgan fingerprint density at radius 2 is 1.86 bits per heavy atom. The zero-order valence-corrected chi connectivity index (χ0v) is 7.91. The van der Waals surface area contributed by atoms with Gasteiger partial charge in [-0.05, 0) is 18.2 Å². The van der Waals surface area contributed by atoms with Crippen LogP contribution in [0.3, 0.4) is 0 Å². The van der Waals surface area contributed by atoms with Crippen LogP contribution in [0, 0.1) is 0 Å². The first kappa shape index (κ1) is 10.5. The molecule has 0 atom stereocenters. The number of benzene rings is 1. The molecule has 0 saturated carbocycles. The standard InChI is InChI=1S/C7H9N3O3S/c8-5-2-1-4(7(9)11)3-6(5)14(10,12)13/h1-3H,8H2,(H2,9,11)(H2,10,12,13). The molecule has 1 rings (SSSR count). The fourth-order valence-electron chi connectivity index (χ4n) is 0.934. The maximum Gasteiger partial charge on any atom is 0.248 e. The number of nitrogen functional groups attached to an aromatic ring is 1. The molecule has 0 heterocycles. The lowest BCUT2D eigenvalue weighted by molar-refractivity contribution is 0.1000. The molecule has 0 bridgehead atoms. The van der Waals surface area contributed by atoms with Gasteiger partial charge in [-0.3, -0.25) is 4.79 Å². The molecule has 0 spiro atoms. The Morgan fingerprint density at radius 3 is 2.29 bits per heavy atom. The third-order valence-corrected chi connectivity index (χ3v) is 2.57. The van der Waals surface area contributed by atoms with Gasteiger partial charge in [0.15, 0.2) is 0 Å². The van der Waals surface area contributed by atoms with Crippen molar-refractivity contribution in [3.8, 4) is 0 Å². The number of primary sulfonamides is 1. The van der Waals surface area contributed by atoms with Gasteiger partial charge in [-0.1, -0.05) is 0 Å². The summed E-state index contributed by atoms with van der Waals surface area (Å²) in [7, 11) is -3.92.